The van der Waals surface area contributed by atoms with Crippen LogP contribution in [0.4, 0.5) is 5.69 Å². The molecule has 2 aromatic rings. The number of amides is 1. The molecule has 2 aliphatic carbocycles. The molecule has 1 saturated carbocycles. The zero-order valence-corrected chi connectivity index (χ0v) is 24.0. The summed E-state index contributed by atoms with van der Waals surface area (Å²) in [5.74, 6) is 1.84. The highest BCUT2D eigenvalue weighted by Gasteiger charge is 2.40. The van der Waals surface area contributed by atoms with Crippen molar-refractivity contribution in [3.8, 4) is 5.75 Å². The Balaban J connectivity index is 1.42. The fourth-order valence-electron chi connectivity index (χ4n) is 6.75. The van der Waals surface area contributed by atoms with Gasteiger partial charge in [-0.25, -0.2) is 0 Å². The van der Waals surface area contributed by atoms with Gasteiger partial charge in [-0.3, -0.25) is 4.79 Å². The molecule has 39 heavy (non-hydrogen) atoms. The molecule has 2 aliphatic heterocycles. The molecular formula is C31H36ClN2O4S-. The molecule has 0 N–H and O–H groups in total. The average Bonchev–Trinajstić information content (AvgIpc) is 3.16. The van der Waals surface area contributed by atoms with E-state index in [0.717, 1.165) is 68.1 Å². The second-order valence-corrected chi connectivity index (χ2v) is 12.9. The van der Waals surface area contributed by atoms with E-state index in [1.165, 1.54) is 11.1 Å². The van der Waals surface area contributed by atoms with E-state index in [0.29, 0.717) is 29.6 Å². The third kappa shape index (κ3) is 5.63. The number of ether oxygens (including phenoxy) is 2. The number of halogens is 1. The lowest BCUT2D eigenvalue weighted by Crippen LogP contribution is -2.44. The van der Waals surface area contributed by atoms with E-state index in [2.05, 4.69) is 33.5 Å². The largest absolute Gasteiger partial charge is 0.488 e. The first-order valence-electron chi connectivity index (χ1n) is 14.2. The lowest BCUT2D eigenvalue weighted by Gasteiger charge is -2.43. The standard InChI is InChI=1S/C31H36ClN2O4S/c1-37-28-7-3-2-4-15-39(36)33-31(35)21-10-14-30-27(17-21)34(18-22-9-12-25(22)28)19-26-24-13-11-23(32)16-20(24)6-5-8-29(26)38-30/h3,7,10-11,13-14,16-17,22,25-26,28-29H,2,4-6,8-9,12,15,18-19H2,1H3/q-1/b7-3+/t22-,25+,26+,28-,29?/m0/s1. The van der Waals surface area contributed by atoms with E-state index in [-0.39, 0.29) is 18.1 Å². The van der Waals surface area contributed by atoms with Crippen molar-refractivity contribution in [2.45, 2.75) is 63.1 Å². The summed E-state index contributed by atoms with van der Waals surface area (Å²) in [5, 5.41) is 0.773. The van der Waals surface area contributed by atoms with Gasteiger partial charge in [-0.1, -0.05) is 42.0 Å². The normalized spacial score (nSPS) is 30.3. The molecule has 2 aromatic carbocycles. The summed E-state index contributed by atoms with van der Waals surface area (Å²) in [6, 6.07) is 11.9. The van der Waals surface area contributed by atoms with Crippen molar-refractivity contribution >= 4 is 33.8 Å². The highest BCUT2D eigenvalue weighted by atomic mass is 35.5. The van der Waals surface area contributed by atoms with Crippen molar-refractivity contribution in [3.63, 3.8) is 0 Å². The van der Waals surface area contributed by atoms with E-state index in [1.807, 2.05) is 18.2 Å². The number of anilines is 1. The van der Waals surface area contributed by atoms with Crippen LogP contribution in [0.2, 0.25) is 5.02 Å². The van der Waals surface area contributed by atoms with E-state index >= 15 is 0 Å². The van der Waals surface area contributed by atoms with Crippen LogP contribution in [0.5, 0.6) is 5.75 Å². The molecule has 6 nitrogen and oxygen atoms in total. The number of carbonyl (C=O) groups is 1. The maximum absolute atomic E-state index is 13.0. The summed E-state index contributed by atoms with van der Waals surface area (Å²) in [4.78, 5) is 15.5. The number of benzene rings is 2. The summed E-state index contributed by atoms with van der Waals surface area (Å²) in [5.41, 5.74) is 4.00. The SMILES string of the molecule is CO[C@H]1/C=C/CCC[S-](=O)=NC(=O)c2ccc3c(c2)N(C[C@@H]2CC[C@H]21)C[C@@H]1c2ccc(Cl)cc2CCCC1O3. The fraction of sp³-hybridized carbons (Fsp3) is 0.516. The maximum atomic E-state index is 13.0. The molecular weight excluding hydrogens is 532 g/mol. The Kier molecular flexibility index (Phi) is 8.01. The first-order valence-corrected chi connectivity index (χ1v) is 15.8. The summed E-state index contributed by atoms with van der Waals surface area (Å²) >= 11 is 6.40. The number of nitrogens with zero attached hydrogens (tertiary/aromatic N) is 2. The molecule has 0 aromatic heterocycles. The highest BCUT2D eigenvalue weighted by Crippen LogP contribution is 2.45. The minimum absolute atomic E-state index is 0.0378. The smallest absolute Gasteiger partial charge is 0.254 e. The summed E-state index contributed by atoms with van der Waals surface area (Å²) in [6.07, 6.45) is 11.2. The minimum Gasteiger partial charge on any atom is -0.488 e. The van der Waals surface area contributed by atoms with E-state index in [1.54, 1.807) is 13.2 Å². The molecule has 1 amide bonds. The Bertz CT molecular complexity index is 1350. The number of carbonyl (C=O) groups excluding carboxylic acids is 1. The van der Waals surface area contributed by atoms with Crippen LogP contribution in [0.25, 0.3) is 0 Å². The zero-order valence-electron chi connectivity index (χ0n) is 22.4. The van der Waals surface area contributed by atoms with Gasteiger partial charge in [0.2, 0.25) is 0 Å². The second-order valence-electron chi connectivity index (χ2n) is 11.3. The van der Waals surface area contributed by atoms with Crippen molar-refractivity contribution in [3.05, 3.63) is 70.3 Å². The molecule has 1 unspecified atom stereocenters. The number of aryl methyl sites for hydroxylation is 1. The monoisotopic (exact) mass is 567 g/mol. The summed E-state index contributed by atoms with van der Waals surface area (Å²) in [7, 11) is 0.244. The second kappa shape index (κ2) is 11.6. The minimum atomic E-state index is -1.55. The van der Waals surface area contributed by atoms with Gasteiger partial charge in [0.25, 0.3) is 5.91 Å². The molecule has 6 rings (SSSR count). The molecule has 0 saturated heterocycles. The topological polar surface area (TPSA) is 68.2 Å². The van der Waals surface area contributed by atoms with Crippen LogP contribution < -0.4 is 9.64 Å². The molecule has 4 aliphatic rings. The van der Waals surface area contributed by atoms with Crippen LogP contribution >= 0.6 is 11.6 Å². The Morgan fingerprint density at radius 2 is 2.00 bits per heavy atom. The van der Waals surface area contributed by atoms with Gasteiger partial charge < -0.3 is 22.9 Å². The summed E-state index contributed by atoms with van der Waals surface area (Å²) in [6.45, 7) is 1.66. The van der Waals surface area contributed by atoms with Gasteiger partial charge in [0.1, 0.15) is 11.9 Å². The first kappa shape index (κ1) is 26.9. The number of hydrogen-bond donors (Lipinski definition) is 0. The first-order chi connectivity index (χ1) is 19.0. The number of hydrogen-bond acceptors (Lipinski definition) is 6. The molecule has 208 valence electrons. The fourth-order valence-corrected chi connectivity index (χ4v) is 7.74. The Morgan fingerprint density at radius 3 is 2.82 bits per heavy atom. The van der Waals surface area contributed by atoms with Crippen LogP contribution in [-0.4, -0.2) is 44.1 Å². The van der Waals surface area contributed by atoms with Crippen molar-refractivity contribution in [2.75, 3.05) is 30.9 Å². The van der Waals surface area contributed by atoms with Crippen molar-refractivity contribution < 1.29 is 18.5 Å². The average molecular weight is 568 g/mol. The van der Waals surface area contributed by atoms with Crippen LogP contribution in [0.1, 0.15) is 65.9 Å². The van der Waals surface area contributed by atoms with Crippen molar-refractivity contribution in [2.24, 2.45) is 16.2 Å². The van der Waals surface area contributed by atoms with Crippen LogP contribution in [0, 0.1) is 11.8 Å². The maximum Gasteiger partial charge on any atom is 0.254 e. The third-order valence-corrected chi connectivity index (χ3v) is 10.2. The Labute approximate surface area is 237 Å². The van der Waals surface area contributed by atoms with Gasteiger partial charge in [-0.15, -0.1) is 0 Å². The molecule has 5 atom stereocenters. The van der Waals surface area contributed by atoms with E-state index in [9.17, 15) is 9.00 Å². The number of methoxy groups -OCH3 is 1. The van der Waals surface area contributed by atoms with Crippen LogP contribution in [-0.2, 0) is 26.0 Å². The lowest BCUT2D eigenvalue weighted by molar-refractivity contribution is 0.0134. The highest BCUT2D eigenvalue weighted by molar-refractivity contribution is 7.75. The number of rotatable bonds is 1. The van der Waals surface area contributed by atoms with Gasteiger partial charge in [-0.2, -0.15) is 10.6 Å². The molecule has 2 heterocycles. The molecule has 8 heteroatoms. The Morgan fingerprint density at radius 1 is 1.10 bits per heavy atom. The van der Waals surface area contributed by atoms with Crippen LogP contribution in [0.3, 0.4) is 0 Å². The zero-order chi connectivity index (χ0) is 26.9. The van der Waals surface area contributed by atoms with Gasteiger partial charge >= 0.3 is 0 Å². The van der Waals surface area contributed by atoms with Crippen LogP contribution in [0.15, 0.2) is 52.9 Å². The molecule has 2 bridgehead atoms. The third-order valence-electron chi connectivity index (χ3n) is 8.96. The quantitative estimate of drug-likeness (QED) is 0.283. The number of fused-ring (bicyclic) bond motifs is 5. The van der Waals surface area contributed by atoms with E-state index < -0.39 is 16.5 Å². The predicted octanol–water partition coefficient (Wildman–Crippen LogP) is 6.71. The van der Waals surface area contributed by atoms with Crippen molar-refractivity contribution in [1.29, 1.82) is 0 Å². The Hall–Kier alpha value is -2.35. The molecule has 0 radical (unpaired) electrons. The van der Waals surface area contributed by atoms with Gasteiger partial charge in [0.05, 0.1) is 11.8 Å². The van der Waals surface area contributed by atoms with Gasteiger partial charge in [0, 0.05) is 36.7 Å². The molecule has 1 fully saturated rings. The predicted molar refractivity (Wildman–Crippen MR) is 155 cm³/mol. The van der Waals surface area contributed by atoms with E-state index in [4.69, 9.17) is 21.1 Å². The summed E-state index contributed by atoms with van der Waals surface area (Å²) < 4.78 is 29.2. The lowest BCUT2D eigenvalue weighted by atomic mass is 9.70. The van der Waals surface area contributed by atoms with Gasteiger partial charge in [-0.05, 0) is 91.8 Å². The van der Waals surface area contributed by atoms with Gasteiger partial charge in [0.15, 0.2) is 0 Å². The van der Waals surface area contributed by atoms with Crippen molar-refractivity contribution in [1.82, 2.24) is 0 Å². The number of allylic oxidation sites excluding steroid dienone is 1. The molecule has 0 spiro atoms.